The maximum Gasteiger partial charge on any atom is 0.235 e. The zero-order valence-corrected chi connectivity index (χ0v) is 8.51. The second-order valence-electron chi connectivity index (χ2n) is 3.22. The van der Waals surface area contributed by atoms with Gasteiger partial charge in [-0.15, -0.1) is 0 Å². The minimum Gasteiger partial charge on any atom is -0.293 e. The Hall–Kier alpha value is -2.04. The fourth-order valence-corrected chi connectivity index (χ4v) is 1.23. The van der Waals surface area contributed by atoms with E-state index in [1.165, 1.54) is 6.92 Å². The van der Waals surface area contributed by atoms with E-state index in [0.717, 1.165) is 5.69 Å². The Balaban J connectivity index is 2.54. The molecule has 0 saturated carbocycles. The molecule has 0 unspecified atom stereocenters. The van der Waals surface area contributed by atoms with Crippen molar-refractivity contribution in [3.8, 4) is 5.95 Å². The Morgan fingerprint density at radius 1 is 1.40 bits per heavy atom. The molecule has 2 rings (SSSR count). The highest BCUT2D eigenvalue weighted by molar-refractivity contribution is 5.92. The highest BCUT2D eigenvalue weighted by atomic mass is 16.1. The van der Waals surface area contributed by atoms with E-state index in [0.29, 0.717) is 11.6 Å². The molecule has 0 radical (unpaired) electrons. The van der Waals surface area contributed by atoms with E-state index in [4.69, 9.17) is 0 Å². The average Bonchev–Trinajstić information content (AvgIpc) is 2.69. The van der Waals surface area contributed by atoms with Gasteiger partial charge in [-0.2, -0.15) is 0 Å². The van der Waals surface area contributed by atoms with Crippen LogP contribution in [0, 0.1) is 6.92 Å². The number of nitrogens with zero attached hydrogens (tertiary/aromatic N) is 4. The predicted molar refractivity (Wildman–Crippen MR) is 53.9 cm³/mol. The number of hydrogen-bond acceptors (Lipinski definition) is 4. The summed E-state index contributed by atoms with van der Waals surface area (Å²) < 4.78 is 1.67. The molecule has 15 heavy (non-hydrogen) atoms. The number of ketones is 1. The van der Waals surface area contributed by atoms with Gasteiger partial charge in [0.2, 0.25) is 5.95 Å². The second kappa shape index (κ2) is 3.61. The molecule has 0 bridgehead atoms. The Labute approximate surface area is 86.8 Å². The molecule has 2 aromatic heterocycles. The van der Waals surface area contributed by atoms with E-state index in [1.807, 2.05) is 6.92 Å². The molecule has 0 spiro atoms. The van der Waals surface area contributed by atoms with Gasteiger partial charge in [-0.3, -0.25) is 9.36 Å². The van der Waals surface area contributed by atoms with Crippen LogP contribution in [0.3, 0.4) is 0 Å². The molecule has 0 aliphatic rings. The lowest BCUT2D eigenvalue weighted by molar-refractivity contribution is 0.101. The fraction of sp³-hybridized carbons (Fsp3) is 0.200. The van der Waals surface area contributed by atoms with Crippen molar-refractivity contribution in [3.63, 3.8) is 0 Å². The SMILES string of the molecule is CC(=O)c1cc(C)nc(-n2ccnc2)n1. The van der Waals surface area contributed by atoms with Crippen molar-refractivity contribution in [3.05, 3.63) is 36.2 Å². The van der Waals surface area contributed by atoms with Gasteiger partial charge in [0, 0.05) is 25.0 Å². The Bertz CT molecular complexity index is 490. The van der Waals surface area contributed by atoms with Gasteiger partial charge in [-0.05, 0) is 13.0 Å². The summed E-state index contributed by atoms with van der Waals surface area (Å²) in [4.78, 5) is 23.5. The van der Waals surface area contributed by atoms with Crippen LogP contribution in [0.15, 0.2) is 24.8 Å². The molecule has 0 amide bonds. The Kier molecular flexibility index (Phi) is 2.29. The van der Waals surface area contributed by atoms with Crippen molar-refractivity contribution >= 4 is 5.78 Å². The maximum atomic E-state index is 11.2. The average molecular weight is 202 g/mol. The first-order valence-electron chi connectivity index (χ1n) is 4.52. The number of Topliss-reactive ketones (excluding diaryl/α,β-unsaturated/α-hetero) is 1. The standard InChI is InChI=1S/C10H10N4O/c1-7-5-9(8(2)15)13-10(12-7)14-4-3-11-6-14/h3-6H,1-2H3. The lowest BCUT2D eigenvalue weighted by Gasteiger charge is -2.03. The second-order valence-corrected chi connectivity index (χ2v) is 3.22. The first-order chi connectivity index (χ1) is 7.16. The van der Waals surface area contributed by atoms with Gasteiger partial charge < -0.3 is 0 Å². The van der Waals surface area contributed by atoms with E-state index in [2.05, 4.69) is 15.0 Å². The van der Waals surface area contributed by atoms with E-state index in [1.54, 1.807) is 29.4 Å². The van der Waals surface area contributed by atoms with Crippen LogP contribution in [0.1, 0.15) is 23.1 Å². The topological polar surface area (TPSA) is 60.7 Å². The molecule has 2 aromatic rings. The van der Waals surface area contributed by atoms with Crippen molar-refractivity contribution in [1.29, 1.82) is 0 Å². The summed E-state index contributed by atoms with van der Waals surface area (Å²) in [5, 5.41) is 0. The predicted octanol–water partition coefficient (Wildman–Crippen LogP) is 1.17. The van der Waals surface area contributed by atoms with Crippen molar-refractivity contribution in [2.45, 2.75) is 13.8 Å². The molecular formula is C10H10N4O. The Morgan fingerprint density at radius 2 is 2.20 bits per heavy atom. The molecule has 0 aromatic carbocycles. The zero-order chi connectivity index (χ0) is 10.8. The number of rotatable bonds is 2. The van der Waals surface area contributed by atoms with Crippen molar-refractivity contribution in [1.82, 2.24) is 19.5 Å². The maximum absolute atomic E-state index is 11.2. The highest BCUT2D eigenvalue weighted by Gasteiger charge is 2.06. The van der Waals surface area contributed by atoms with Gasteiger partial charge in [0.15, 0.2) is 5.78 Å². The quantitative estimate of drug-likeness (QED) is 0.686. The van der Waals surface area contributed by atoms with Gasteiger partial charge in [0.05, 0.1) is 0 Å². The molecule has 0 N–H and O–H groups in total. The van der Waals surface area contributed by atoms with Gasteiger partial charge in [0.25, 0.3) is 0 Å². The normalized spacial score (nSPS) is 10.3. The van der Waals surface area contributed by atoms with Crippen LogP contribution in [0.2, 0.25) is 0 Å². The van der Waals surface area contributed by atoms with E-state index in [-0.39, 0.29) is 5.78 Å². The molecule has 0 saturated heterocycles. The first-order valence-corrected chi connectivity index (χ1v) is 4.52. The summed E-state index contributed by atoms with van der Waals surface area (Å²) in [6, 6.07) is 1.67. The minimum atomic E-state index is -0.0677. The molecule has 5 heteroatoms. The monoisotopic (exact) mass is 202 g/mol. The summed E-state index contributed by atoms with van der Waals surface area (Å²) in [6.07, 6.45) is 4.97. The van der Waals surface area contributed by atoms with Crippen LogP contribution < -0.4 is 0 Å². The molecule has 2 heterocycles. The molecular weight excluding hydrogens is 192 g/mol. The number of hydrogen-bond donors (Lipinski definition) is 0. The highest BCUT2D eigenvalue weighted by Crippen LogP contribution is 2.05. The van der Waals surface area contributed by atoms with Crippen LogP contribution in [0.25, 0.3) is 5.95 Å². The first kappa shape index (κ1) is 9.51. The number of aryl methyl sites for hydroxylation is 1. The van der Waals surface area contributed by atoms with Gasteiger partial charge in [-0.25, -0.2) is 15.0 Å². The zero-order valence-electron chi connectivity index (χ0n) is 8.51. The molecule has 0 aliphatic heterocycles. The third kappa shape index (κ3) is 1.90. The lowest BCUT2D eigenvalue weighted by atomic mass is 10.3. The van der Waals surface area contributed by atoms with Gasteiger partial charge >= 0.3 is 0 Å². The van der Waals surface area contributed by atoms with E-state index >= 15 is 0 Å². The molecule has 76 valence electrons. The molecule has 0 aliphatic carbocycles. The summed E-state index contributed by atoms with van der Waals surface area (Å²) >= 11 is 0. The number of aromatic nitrogens is 4. The molecule has 0 fully saturated rings. The summed E-state index contributed by atoms with van der Waals surface area (Å²) in [5.74, 6) is 0.402. The van der Waals surface area contributed by atoms with Crippen LogP contribution in [0.5, 0.6) is 0 Å². The van der Waals surface area contributed by atoms with Crippen LogP contribution in [0.4, 0.5) is 0 Å². The van der Waals surface area contributed by atoms with Gasteiger partial charge in [0.1, 0.15) is 12.0 Å². The van der Waals surface area contributed by atoms with Crippen molar-refractivity contribution < 1.29 is 4.79 Å². The van der Waals surface area contributed by atoms with Crippen molar-refractivity contribution in [2.24, 2.45) is 0 Å². The lowest BCUT2D eigenvalue weighted by Crippen LogP contribution is -2.06. The Morgan fingerprint density at radius 3 is 2.80 bits per heavy atom. The third-order valence-corrected chi connectivity index (χ3v) is 1.94. The fourth-order valence-electron chi connectivity index (χ4n) is 1.23. The number of imidazole rings is 1. The number of carbonyl (C=O) groups excluding carboxylic acids is 1. The van der Waals surface area contributed by atoms with E-state index < -0.39 is 0 Å². The number of carbonyl (C=O) groups is 1. The molecule has 0 atom stereocenters. The summed E-state index contributed by atoms with van der Waals surface area (Å²) in [6.45, 7) is 3.31. The smallest absolute Gasteiger partial charge is 0.235 e. The third-order valence-electron chi connectivity index (χ3n) is 1.94. The summed E-state index contributed by atoms with van der Waals surface area (Å²) in [5.41, 5.74) is 1.19. The van der Waals surface area contributed by atoms with Crippen LogP contribution >= 0.6 is 0 Å². The largest absolute Gasteiger partial charge is 0.293 e. The summed E-state index contributed by atoms with van der Waals surface area (Å²) in [7, 11) is 0. The van der Waals surface area contributed by atoms with Crippen LogP contribution in [-0.4, -0.2) is 25.3 Å². The van der Waals surface area contributed by atoms with E-state index in [9.17, 15) is 4.79 Å². The van der Waals surface area contributed by atoms with Gasteiger partial charge in [-0.1, -0.05) is 0 Å². The van der Waals surface area contributed by atoms with Crippen LogP contribution in [-0.2, 0) is 0 Å². The minimum absolute atomic E-state index is 0.0677. The molecule has 5 nitrogen and oxygen atoms in total. The van der Waals surface area contributed by atoms with Crippen molar-refractivity contribution in [2.75, 3.05) is 0 Å².